The zero-order valence-corrected chi connectivity index (χ0v) is 13.1. The molecule has 0 aromatic heterocycles. The molecular weight excluding hydrogens is 320 g/mol. The lowest BCUT2D eigenvalue weighted by molar-refractivity contribution is -0.115. The topological polar surface area (TPSA) is 61.4 Å². The molecule has 110 valence electrons. The van der Waals surface area contributed by atoms with E-state index in [2.05, 4.69) is 26.6 Å². The van der Waals surface area contributed by atoms with Crippen LogP contribution in [0.3, 0.4) is 0 Å². The van der Waals surface area contributed by atoms with Gasteiger partial charge in [0.05, 0.1) is 12.1 Å². The molecule has 4 nitrogen and oxygen atoms in total. The van der Waals surface area contributed by atoms with Gasteiger partial charge < -0.3 is 15.7 Å². The summed E-state index contributed by atoms with van der Waals surface area (Å²) < 4.78 is 0.930. The Morgan fingerprint density at radius 3 is 2.75 bits per heavy atom. The summed E-state index contributed by atoms with van der Waals surface area (Å²) >= 11 is 3.36. The second-order valence-electron chi connectivity index (χ2n) is 5.45. The maximum absolute atomic E-state index is 11.8. The summed E-state index contributed by atoms with van der Waals surface area (Å²) in [5, 5.41) is 16.2. The van der Waals surface area contributed by atoms with Crippen molar-refractivity contribution in [3.8, 4) is 0 Å². The maximum Gasteiger partial charge on any atom is 0.238 e. The number of hydrogen-bond acceptors (Lipinski definition) is 3. The Labute approximate surface area is 128 Å². The maximum atomic E-state index is 11.8. The second-order valence-corrected chi connectivity index (χ2v) is 6.36. The zero-order valence-electron chi connectivity index (χ0n) is 11.5. The van der Waals surface area contributed by atoms with Crippen molar-refractivity contribution in [1.29, 1.82) is 0 Å². The van der Waals surface area contributed by atoms with E-state index < -0.39 is 5.60 Å². The molecule has 1 aliphatic rings. The Morgan fingerprint density at radius 2 is 2.05 bits per heavy atom. The highest BCUT2D eigenvalue weighted by atomic mass is 79.9. The minimum absolute atomic E-state index is 0.0949. The monoisotopic (exact) mass is 340 g/mol. The van der Waals surface area contributed by atoms with Crippen LogP contribution in [0.1, 0.15) is 32.1 Å². The molecule has 1 amide bonds. The SMILES string of the molecule is O=C(CNCC1(O)CCCCC1)Nc1cccc(Br)c1. The van der Waals surface area contributed by atoms with Crippen LogP contribution in [0.4, 0.5) is 5.69 Å². The molecule has 0 bridgehead atoms. The number of anilines is 1. The fourth-order valence-corrected chi connectivity index (χ4v) is 2.97. The molecule has 1 fully saturated rings. The van der Waals surface area contributed by atoms with Gasteiger partial charge in [-0.1, -0.05) is 41.3 Å². The van der Waals surface area contributed by atoms with Gasteiger partial charge in [-0.2, -0.15) is 0 Å². The van der Waals surface area contributed by atoms with Gasteiger partial charge in [0.25, 0.3) is 0 Å². The number of carbonyl (C=O) groups excluding carboxylic acids is 1. The summed E-state index contributed by atoms with van der Waals surface area (Å²) in [7, 11) is 0. The second kappa shape index (κ2) is 7.20. The fraction of sp³-hybridized carbons (Fsp3) is 0.533. The highest BCUT2D eigenvalue weighted by molar-refractivity contribution is 9.10. The Bertz CT molecular complexity index is 459. The van der Waals surface area contributed by atoms with E-state index in [1.54, 1.807) is 0 Å². The van der Waals surface area contributed by atoms with Crippen LogP contribution in [0.25, 0.3) is 0 Å². The Kier molecular flexibility index (Phi) is 5.57. The molecule has 2 rings (SSSR count). The van der Waals surface area contributed by atoms with Gasteiger partial charge in [0.15, 0.2) is 0 Å². The molecule has 0 saturated heterocycles. The Morgan fingerprint density at radius 1 is 1.30 bits per heavy atom. The standard InChI is InChI=1S/C15H21BrN2O2/c16-12-5-4-6-13(9-12)18-14(19)10-17-11-15(20)7-2-1-3-8-15/h4-6,9,17,20H,1-3,7-8,10-11H2,(H,18,19). The summed E-state index contributed by atoms with van der Waals surface area (Å²) in [5.41, 5.74) is 0.136. The first-order valence-corrected chi connectivity index (χ1v) is 7.85. The van der Waals surface area contributed by atoms with E-state index in [1.807, 2.05) is 24.3 Å². The molecule has 1 aromatic carbocycles. The van der Waals surface area contributed by atoms with E-state index in [1.165, 1.54) is 6.42 Å². The number of amides is 1. The number of nitrogens with one attached hydrogen (secondary N) is 2. The van der Waals surface area contributed by atoms with Gasteiger partial charge >= 0.3 is 0 Å². The van der Waals surface area contributed by atoms with Gasteiger partial charge in [-0.25, -0.2) is 0 Å². The molecule has 0 spiro atoms. The number of carbonyl (C=O) groups is 1. The van der Waals surface area contributed by atoms with Crippen LogP contribution < -0.4 is 10.6 Å². The van der Waals surface area contributed by atoms with Gasteiger partial charge in [-0.05, 0) is 31.0 Å². The van der Waals surface area contributed by atoms with Crippen LogP contribution in [-0.4, -0.2) is 29.7 Å². The molecule has 20 heavy (non-hydrogen) atoms. The lowest BCUT2D eigenvalue weighted by Crippen LogP contribution is -2.44. The first-order valence-electron chi connectivity index (χ1n) is 7.06. The number of hydrogen-bond donors (Lipinski definition) is 3. The van der Waals surface area contributed by atoms with Gasteiger partial charge in [0, 0.05) is 16.7 Å². The van der Waals surface area contributed by atoms with Crippen molar-refractivity contribution in [2.75, 3.05) is 18.4 Å². The van der Waals surface area contributed by atoms with E-state index >= 15 is 0 Å². The number of benzene rings is 1. The summed E-state index contributed by atoms with van der Waals surface area (Å²) in [5.74, 6) is -0.0949. The molecule has 1 aromatic rings. The van der Waals surface area contributed by atoms with Crippen molar-refractivity contribution in [1.82, 2.24) is 5.32 Å². The smallest absolute Gasteiger partial charge is 0.238 e. The third-order valence-corrected chi connectivity index (χ3v) is 4.13. The molecule has 0 radical (unpaired) electrons. The molecule has 0 aliphatic heterocycles. The number of rotatable bonds is 5. The molecule has 0 heterocycles. The third-order valence-electron chi connectivity index (χ3n) is 3.63. The third kappa shape index (κ3) is 4.89. The molecule has 1 aliphatic carbocycles. The van der Waals surface area contributed by atoms with Crippen molar-refractivity contribution in [3.05, 3.63) is 28.7 Å². The summed E-state index contributed by atoms with van der Waals surface area (Å²) in [6, 6.07) is 7.48. The predicted octanol–water partition coefficient (Wildman–Crippen LogP) is 2.67. The summed E-state index contributed by atoms with van der Waals surface area (Å²) in [6.07, 6.45) is 5.00. The molecular formula is C15H21BrN2O2. The minimum Gasteiger partial charge on any atom is -0.389 e. The van der Waals surface area contributed by atoms with Crippen molar-refractivity contribution < 1.29 is 9.90 Å². The average molecular weight is 341 g/mol. The van der Waals surface area contributed by atoms with Crippen molar-refractivity contribution in [3.63, 3.8) is 0 Å². The van der Waals surface area contributed by atoms with Crippen molar-refractivity contribution in [2.45, 2.75) is 37.7 Å². The van der Waals surface area contributed by atoms with Gasteiger partial charge in [-0.15, -0.1) is 0 Å². The largest absolute Gasteiger partial charge is 0.389 e. The molecule has 1 saturated carbocycles. The lowest BCUT2D eigenvalue weighted by Gasteiger charge is -2.32. The van der Waals surface area contributed by atoms with E-state index in [-0.39, 0.29) is 12.5 Å². The van der Waals surface area contributed by atoms with E-state index in [0.29, 0.717) is 6.54 Å². The average Bonchev–Trinajstić information content (AvgIpc) is 2.39. The highest BCUT2D eigenvalue weighted by Gasteiger charge is 2.28. The van der Waals surface area contributed by atoms with Crippen LogP contribution in [0.5, 0.6) is 0 Å². The van der Waals surface area contributed by atoms with E-state index in [4.69, 9.17) is 0 Å². The van der Waals surface area contributed by atoms with Crippen molar-refractivity contribution in [2.24, 2.45) is 0 Å². The Balaban J connectivity index is 1.72. The van der Waals surface area contributed by atoms with E-state index in [0.717, 1.165) is 35.8 Å². The van der Waals surface area contributed by atoms with Crippen LogP contribution in [0, 0.1) is 0 Å². The van der Waals surface area contributed by atoms with E-state index in [9.17, 15) is 9.90 Å². The minimum atomic E-state index is -0.631. The van der Waals surface area contributed by atoms with Gasteiger partial charge in [-0.3, -0.25) is 4.79 Å². The molecule has 0 unspecified atom stereocenters. The molecule has 5 heteroatoms. The fourth-order valence-electron chi connectivity index (χ4n) is 2.57. The quantitative estimate of drug-likeness (QED) is 0.772. The van der Waals surface area contributed by atoms with Gasteiger partial charge in [0.2, 0.25) is 5.91 Å². The highest BCUT2D eigenvalue weighted by Crippen LogP contribution is 2.27. The Hall–Kier alpha value is -0.910. The normalized spacial score (nSPS) is 17.7. The first kappa shape index (κ1) is 15.5. The van der Waals surface area contributed by atoms with Crippen molar-refractivity contribution >= 4 is 27.5 Å². The first-order chi connectivity index (χ1) is 9.57. The summed E-state index contributed by atoms with van der Waals surface area (Å²) in [6.45, 7) is 0.702. The van der Waals surface area contributed by atoms with Crippen LogP contribution in [0.15, 0.2) is 28.7 Å². The van der Waals surface area contributed by atoms with Crippen LogP contribution >= 0.6 is 15.9 Å². The number of aliphatic hydroxyl groups is 1. The molecule has 0 atom stereocenters. The predicted molar refractivity (Wildman–Crippen MR) is 83.7 cm³/mol. The summed E-state index contributed by atoms with van der Waals surface area (Å²) in [4.78, 5) is 11.8. The number of halogens is 1. The van der Waals surface area contributed by atoms with Gasteiger partial charge in [0.1, 0.15) is 0 Å². The van der Waals surface area contributed by atoms with Crippen LogP contribution in [-0.2, 0) is 4.79 Å². The lowest BCUT2D eigenvalue weighted by atomic mass is 9.85. The zero-order chi connectivity index (χ0) is 14.4. The molecule has 3 N–H and O–H groups in total. The van der Waals surface area contributed by atoms with Crippen LogP contribution in [0.2, 0.25) is 0 Å².